The second kappa shape index (κ2) is 6.70. The van der Waals surface area contributed by atoms with Gasteiger partial charge in [0.25, 0.3) is 0 Å². The molecule has 1 atom stereocenters. The average Bonchev–Trinajstić information content (AvgIpc) is 3.15. The first kappa shape index (κ1) is 16.3. The molecule has 5 rings (SSSR count). The molecule has 0 nitrogen and oxygen atoms in total. The summed E-state index contributed by atoms with van der Waals surface area (Å²) in [6, 6.07) is 27.1. The van der Waals surface area contributed by atoms with Crippen molar-refractivity contribution < 1.29 is 0 Å². The van der Waals surface area contributed by atoms with Gasteiger partial charge < -0.3 is 0 Å². The van der Waals surface area contributed by atoms with Crippen LogP contribution in [0.25, 0.3) is 27.6 Å². The van der Waals surface area contributed by atoms with Gasteiger partial charge in [-0.2, -0.15) is 0 Å². The highest BCUT2D eigenvalue weighted by Crippen LogP contribution is 2.41. The summed E-state index contributed by atoms with van der Waals surface area (Å²) in [5.41, 5.74) is 5.71. The Morgan fingerprint density at radius 2 is 1.59 bits per heavy atom. The fourth-order valence-electron chi connectivity index (χ4n) is 4.54. The van der Waals surface area contributed by atoms with Crippen LogP contribution in [0.2, 0.25) is 0 Å². The number of hydrogen-bond acceptors (Lipinski definition) is 0. The first-order valence-electron chi connectivity index (χ1n) is 10.1. The fourth-order valence-corrected chi connectivity index (χ4v) is 4.54. The number of rotatable bonds is 4. The topological polar surface area (TPSA) is 0 Å². The van der Waals surface area contributed by atoms with Gasteiger partial charge in [0.1, 0.15) is 0 Å². The lowest BCUT2D eigenvalue weighted by Crippen LogP contribution is -2.00. The molecule has 0 saturated carbocycles. The van der Waals surface area contributed by atoms with Crippen LogP contribution in [0.15, 0.2) is 78.9 Å². The minimum atomic E-state index is 0.344. The van der Waals surface area contributed by atoms with E-state index >= 15 is 0 Å². The molecule has 132 valence electrons. The molecule has 0 amide bonds. The van der Waals surface area contributed by atoms with Crippen molar-refractivity contribution in [3.05, 3.63) is 101 Å². The lowest BCUT2D eigenvalue weighted by atomic mass is 9.85. The monoisotopic (exact) mass is 348 g/mol. The van der Waals surface area contributed by atoms with Gasteiger partial charge in [-0.25, -0.2) is 0 Å². The third kappa shape index (κ3) is 2.77. The number of unbranched alkanes of at least 4 members (excludes halogenated alkanes) is 1. The predicted octanol–water partition coefficient (Wildman–Crippen LogP) is 7.49. The highest BCUT2D eigenvalue weighted by atomic mass is 14.2. The summed E-state index contributed by atoms with van der Waals surface area (Å²) in [6.45, 7) is 2.27. The highest BCUT2D eigenvalue weighted by Gasteiger charge is 2.22. The van der Waals surface area contributed by atoms with Crippen molar-refractivity contribution in [2.45, 2.75) is 32.1 Å². The van der Waals surface area contributed by atoms with Crippen LogP contribution in [0.1, 0.15) is 47.9 Å². The summed E-state index contributed by atoms with van der Waals surface area (Å²) in [5, 5.41) is 5.47. The van der Waals surface area contributed by atoms with Gasteiger partial charge in [0, 0.05) is 5.92 Å². The number of hydrogen-bond donors (Lipinski definition) is 0. The van der Waals surface area contributed by atoms with Crippen molar-refractivity contribution in [3.8, 4) is 0 Å². The molecule has 1 aliphatic rings. The quantitative estimate of drug-likeness (QED) is 0.335. The van der Waals surface area contributed by atoms with Gasteiger partial charge in [-0.05, 0) is 56.6 Å². The van der Waals surface area contributed by atoms with Gasteiger partial charge in [0.15, 0.2) is 0 Å². The summed E-state index contributed by atoms with van der Waals surface area (Å²) in [4.78, 5) is 0. The van der Waals surface area contributed by atoms with E-state index in [0.717, 1.165) is 6.42 Å². The Morgan fingerprint density at radius 3 is 2.52 bits per heavy atom. The maximum Gasteiger partial charge on any atom is 0.0285 e. The summed E-state index contributed by atoms with van der Waals surface area (Å²) >= 11 is 0. The number of fused-ring (bicyclic) bond motifs is 4. The zero-order chi connectivity index (χ0) is 18.2. The molecule has 0 spiro atoms. The number of benzene rings is 4. The molecule has 0 N–H and O–H groups in total. The Bertz CT molecular complexity index is 1160. The van der Waals surface area contributed by atoms with Crippen molar-refractivity contribution in [2.24, 2.45) is 0 Å². The van der Waals surface area contributed by atoms with Crippen molar-refractivity contribution in [1.29, 1.82) is 0 Å². The molecule has 0 radical (unpaired) electrons. The summed E-state index contributed by atoms with van der Waals surface area (Å²) in [7, 11) is 0. The summed E-state index contributed by atoms with van der Waals surface area (Å²) < 4.78 is 0. The summed E-state index contributed by atoms with van der Waals surface area (Å²) in [6.07, 6.45) is 8.30. The second-order valence-electron chi connectivity index (χ2n) is 7.64. The lowest BCUT2D eigenvalue weighted by molar-refractivity contribution is 0.794. The van der Waals surface area contributed by atoms with Crippen molar-refractivity contribution in [1.82, 2.24) is 0 Å². The van der Waals surface area contributed by atoms with Crippen molar-refractivity contribution in [2.75, 3.05) is 0 Å². The molecule has 1 aliphatic carbocycles. The van der Waals surface area contributed by atoms with Gasteiger partial charge in [0.05, 0.1) is 0 Å². The van der Waals surface area contributed by atoms with E-state index < -0.39 is 0 Å². The standard InChI is InChI=1S/C27H24/c1-2-3-8-19-17-22-14-13-21-10-5-7-12-24(21)27(22)26(18-19)25-16-15-20-9-4-6-11-23(20)25/h4-7,9-18,25H,2-3,8H2,1H3. The van der Waals surface area contributed by atoms with Crippen LogP contribution < -0.4 is 0 Å². The predicted molar refractivity (Wildman–Crippen MR) is 117 cm³/mol. The molecular weight excluding hydrogens is 324 g/mol. The minimum absolute atomic E-state index is 0.344. The van der Waals surface area contributed by atoms with E-state index in [0.29, 0.717) is 5.92 Å². The number of aryl methyl sites for hydroxylation is 1. The van der Waals surface area contributed by atoms with E-state index in [9.17, 15) is 0 Å². The van der Waals surface area contributed by atoms with E-state index in [2.05, 4.69) is 91.9 Å². The van der Waals surface area contributed by atoms with Crippen LogP contribution in [0.5, 0.6) is 0 Å². The molecule has 0 heteroatoms. The maximum absolute atomic E-state index is 2.47. The Balaban J connectivity index is 1.80. The zero-order valence-corrected chi connectivity index (χ0v) is 15.8. The van der Waals surface area contributed by atoms with E-state index in [4.69, 9.17) is 0 Å². The van der Waals surface area contributed by atoms with Crippen LogP contribution in [-0.2, 0) is 6.42 Å². The molecule has 0 fully saturated rings. The third-order valence-corrected chi connectivity index (χ3v) is 5.89. The van der Waals surface area contributed by atoms with Crippen molar-refractivity contribution in [3.63, 3.8) is 0 Å². The Labute approximate surface area is 161 Å². The lowest BCUT2D eigenvalue weighted by Gasteiger charge is -2.18. The molecular formula is C27H24. The first-order valence-corrected chi connectivity index (χ1v) is 10.1. The molecule has 0 aromatic heterocycles. The molecule has 0 heterocycles. The second-order valence-corrected chi connectivity index (χ2v) is 7.64. The smallest absolute Gasteiger partial charge is 0.0285 e. The largest absolute Gasteiger partial charge is 0.0720 e. The number of allylic oxidation sites excluding steroid dienone is 1. The molecule has 0 bridgehead atoms. The van der Waals surface area contributed by atoms with Gasteiger partial charge in [0.2, 0.25) is 0 Å². The van der Waals surface area contributed by atoms with Gasteiger partial charge >= 0.3 is 0 Å². The fraction of sp³-hybridized carbons (Fsp3) is 0.185. The third-order valence-electron chi connectivity index (χ3n) is 5.89. The van der Waals surface area contributed by atoms with E-state index in [1.807, 2.05) is 0 Å². The molecule has 1 unspecified atom stereocenters. The van der Waals surface area contributed by atoms with Crippen molar-refractivity contribution >= 4 is 27.6 Å². The minimum Gasteiger partial charge on any atom is -0.0720 e. The van der Waals surface area contributed by atoms with Gasteiger partial charge in [-0.3, -0.25) is 0 Å². The molecule has 0 aliphatic heterocycles. The zero-order valence-electron chi connectivity index (χ0n) is 15.8. The van der Waals surface area contributed by atoms with E-state index in [-0.39, 0.29) is 0 Å². The van der Waals surface area contributed by atoms with Crippen LogP contribution >= 0.6 is 0 Å². The Morgan fingerprint density at radius 1 is 0.778 bits per heavy atom. The Kier molecular flexibility index (Phi) is 4.05. The average molecular weight is 348 g/mol. The van der Waals surface area contributed by atoms with Crippen LogP contribution in [0, 0.1) is 0 Å². The SMILES string of the molecule is CCCCc1cc(C2C=Cc3ccccc32)c2c(ccc3ccccc32)c1. The summed E-state index contributed by atoms with van der Waals surface area (Å²) in [5.74, 6) is 0.344. The van der Waals surface area contributed by atoms with Crippen LogP contribution in [-0.4, -0.2) is 0 Å². The van der Waals surface area contributed by atoms with Gasteiger partial charge in [-0.1, -0.05) is 98.3 Å². The van der Waals surface area contributed by atoms with E-state index in [1.54, 1.807) is 0 Å². The molecule has 0 saturated heterocycles. The first-order chi connectivity index (χ1) is 13.3. The van der Waals surface area contributed by atoms with E-state index in [1.165, 1.54) is 56.6 Å². The molecule has 27 heavy (non-hydrogen) atoms. The normalized spacial score (nSPS) is 15.5. The maximum atomic E-state index is 2.47. The highest BCUT2D eigenvalue weighted by molar-refractivity contribution is 6.10. The van der Waals surface area contributed by atoms with Crippen LogP contribution in [0.4, 0.5) is 0 Å². The Hall–Kier alpha value is -2.86. The molecule has 4 aromatic rings. The van der Waals surface area contributed by atoms with Crippen LogP contribution in [0.3, 0.4) is 0 Å². The van der Waals surface area contributed by atoms with Gasteiger partial charge in [-0.15, -0.1) is 0 Å². The molecule has 4 aromatic carbocycles.